The summed E-state index contributed by atoms with van der Waals surface area (Å²) in [5, 5.41) is 3.30. The fourth-order valence-electron chi connectivity index (χ4n) is 2.61. The van der Waals surface area contributed by atoms with E-state index in [1.807, 2.05) is 0 Å². The zero-order valence-corrected chi connectivity index (χ0v) is 10.8. The van der Waals surface area contributed by atoms with Gasteiger partial charge in [0.1, 0.15) is 0 Å². The highest BCUT2D eigenvalue weighted by Crippen LogP contribution is 2.18. The fourth-order valence-corrected chi connectivity index (χ4v) is 2.61. The van der Waals surface area contributed by atoms with E-state index < -0.39 is 0 Å². The molecule has 2 nitrogen and oxygen atoms in total. The lowest BCUT2D eigenvalue weighted by molar-refractivity contribution is 0.164. The van der Waals surface area contributed by atoms with Gasteiger partial charge < -0.3 is 10.2 Å². The van der Waals surface area contributed by atoms with Crippen molar-refractivity contribution in [3.8, 4) is 0 Å². The molecule has 0 aromatic rings. The van der Waals surface area contributed by atoms with Gasteiger partial charge in [-0.15, -0.1) is 0 Å². The van der Waals surface area contributed by atoms with Crippen molar-refractivity contribution >= 4 is 0 Å². The van der Waals surface area contributed by atoms with Crippen LogP contribution < -0.4 is 5.32 Å². The maximum absolute atomic E-state index is 3.30. The average Bonchev–Trinajstić information content (AvgIpc) is 2.09. The van der Waals surface area contributed by atoms with Crippen LogP contribution in [0.3, 0.4) is 0 Å². The topological polar surface area (TPSA) is 15.3 Å². The largest absolute Gasteiger partial charge is 0.319 e. The third-order valence-corrected chi connectivity index (χ3v) is 3.26. The molecule has 1 aliphatic rings. The van der Waals surface area contributed by atoms with Gasteiger partial charge in [-0.05, 0) is 38.4 Å². The van der Waals surface area contributed by atoms with Gasteiger partial charge in [0.25, 0.3) is 0 Å². The molecule has 0 radical (unpaired) electrons. The monoisotopic (exact) mass is 212 g/mol. The molecule has 2 heteroatoms. The minimum atomic E-state index is 0.411. The summed E-state index contributed by atoms with van der Waals surface area (Å²) in [5.41, 5.74) is 0.411. The predicted octanol–water partition coefficient (Wildman–Crippen LogP) is 2.50. The Balaban J connectivity index is 2.33. The zero-order valence-electron chi connectivity index (χ0n) is 10.8. The normalized spacial score (nSPS) is 21.0. The number of likely N-dealkylation sites (tertiary alicyclic amines) is 1. The minimum Gasteiger partial charge on any atom is -0.319 e. The summed E-state index contributed by atoms with van der Waals surface area (Å²) in [5.74, 6) is 0. The highest BCUT2D eigenvalue weighted by atomic mass is 15.1. The van der Waals surface area contributed by atoms with Crippen LogP contribution in [0.5, 0.6) is 0 Å². The van der Waals surface area contributed by atoms with Gasteiger partial charge in [0, 0.05) is 13.1 Å². The summed E-state index contributed by atoms with van der Waals surface area (Å²) in [6.07, 6.45) is 7.12. The van der Waals surface area contributed by atoms with E-state index in [0.29, 0.717) is 5.41 Å². The molecule has 90 valence electrons. The number of nitrogens with one attached hydrogen (secondary N) is 1. The summed E-state index contributed by atoms with van der Waals surface area (Å²) in [4.78, 5) is 2.66. The van der Waals surface area contributed by atoms with Crippen molar-refractivity contribution in [2.24, 2.45) is 5.41 Å². The van der Waals surface area contributed by atoms with E-state index in [1.165, 1.54) is 51.7 Å². The molecule has 0 aromatic carbocycles. The molecule has 1 aliphatic heterocycles. The Morgan fingerprint density at radius 1 is 1.00 bits per heavy atom. The maximum atomic E-state index is 3.30. The molecule has 1 saturated heterocycles. The molecule has 0 bridgehead atoms. The van der Waals surface area contributed by atoms with Crippen LogP contribution in [0.15, 0.2) is 0 Å². The fraction of sp³-hybridized carbons (Fsp3) is 1.00. The van der Waals surface area contributed by atoms with E-state index in [-0.39, 0.29) is 0 Å². The first-order valence-electron chi connectivity index (χ1n) is 6.51. The highest BCUT2D eigenvalue weighted by molar-refractivity contribution is 4.76. The zero-order chi connectivity index (χ0) is 11.1. The van der Waals surface area contributed by atoms with Gasteiger partial charge in [-0.2, -0.15) is 0 Å². The number of hydrogen-bond acceptors (Lipinski definition) is 2. The van der Waals surface area contributed by atoms with Crippen LogP contribution in [0.1, 0.15) is 46.0 Å². The van der Waals surface area contributed by atoms with Crippen LogP contribution in [0, 0.1) is 5.41 Å². The Morgan fingerprint density at radius 2 is 1.53 bits per heavy atom. The average molecular weight is 212 g/mol. The lowest BCUT2D eigenvalue weighted by atomic mass is 9.92. The molecular formula is C13H28N2. The van der Waals surface area contributed by atoms with E-state index in [9.17, 15) is 0 Å². The van der Waals surface area contributed by atoms with E-state index in [4.69, 9.17) is 0 Å². The van der Waals surface area contributed by atoms with E-state index in [2.05, 4.69) is 31.1 Å². The van der Waals surface area contributed by atoms with Crippen molar-refractivity contribution in [2.45, 2.75) is 46.0 Å². The molecule has 1 fully saturated rings. The summed E-state index contributed by atoms with van der Waals surface area (Å²) in [6.45, 7) is 9.71. The molecule has 1 heterocycles. The number of nitrogens with zero attached hydrogens (tertiary/aromatic N) is 1. The van der Waals surface area contributed by atoms with Gasteiger partial charge in [0.2, 0.25) is 0 Å². The Hall–Kier alpha value is -0.0800. The van der Waals surface area contributed by atoms with Crippen LogP contribution in [0.4, 0.5) is 0 Å². The second-order valence-electron chi connectivity index (χ2n) is 5.74. The minimum absolute atomic E-state index is 0.411. The molecule has 0 aliphatic carbocycles. The Labute approximate surface area is 95.4 Å². The van der Waals surface area contributed by atoms with Gasteiger partial charge in [-0.3, -0.25) is 0 Å². The third-order valence-electron chi connectivity index (χ3n) is 3.26. The van der Waals surface area contributed by atoms with Crippen LogP contribution in [0.25, 0.3) is 0 Å². The van der Waals surface area contributed by atoms with Gasteiger partial charge in [-0.25, -0.2) is 0 Å². The Morgan fingerprint density at radius 3 is 2.07 bits per heavy atom. The standard InChI is InChI=1S/C13H28N2/c1-13(2,11-14-3)12-15-9-7-5-4-6-8-10-15/h14H,4-12H2,1-3H3. The molecular weight excluding hydrogens is 184 g/mol. The lowest BCUT2D eigenvalue weighted by Crippen LogP contribution is -2.40. The van der Waals surface area contributed by atoms with Gasteiger partial charge in [0.15, 0.2) is 0 Å². The lowest BCUT2D eigenvalue weighted by Gasteiger charge is -2.33. The third kappa shape index (κ3) is 5.53. The van der Waals surface area contributed by atoms with Gasteiger partial charge >= 0.3 is 0 Å². The summed E-state index contributed by atoms with van der Waals surface area (Å²) >= 11 is 0. The van der Waals surface area contributed by atoms with Gasteiger partial charge in [-0.1, -0.05) is 33.1 Å². The molecule has 0 saturated carbocycles. The Kier molecular flexibility index (Phi) is 5.62. The predicted molar refractivity (Wildman–Crippen MR) is 67.2 cm³/mol. The van der Waals surface area contributed by atoms with Crippen molar-refractivity contribution in [1.82, 2.24) is 10.2 Å². The number of hydrogen-bond donors (Lipinski definition) is 1. The van der Waals surface area contributed by atoms with Gasteiger partial charge in [0.05, 0.1) is 0 Å². The van der Waals surface area contributed by atoms with Crippen molar-refractivity contribution in [2.75, 3.05) is 33.2 Å². The Bertz CT molecular complexity index is 158. The first-order valence-corrected chi connectivity index (χ1v) is 6.51. The molecule has 0 unspecified atom stereocenters. The van der Waals surface area contributed by atoms with Crippen molar-refractivity contribution in [3.05, 3.63) is 0 Å². The van der Waals surface area contributed by atoms with Crippen LogP contribution in [-0.2, 0) is 0 Å². The molecule has 0 aromatic heterocycles. The molecule has 15 heavy (non-hydrogen) atoms. The first kappa shape index (κ1) is 13.0. The summed E-state index contributed by atoms with van der Waals surface area (Å²) in [6, 6.07) is 0. The molecule has 0 amide bonds. The summed E-state index contributed by atoms with van der Waals surface area (Å²) < 4.78 is 0. The highest BCUT2D eigenvalue weighted by Gasteiger charge is 2.21. The molecule has 1 rings (SSSR count). The second-order valence-corrected chi connectivity index (χ2v) is 5.74. The van der Waals surface area contributed by atoms with Crippen molar-refractivity contribution in [1.29, 1.82) is 0 Å². The van der Waals surface area contributed by atoms with Crippen LogP contribution in [0.2, 0.25) is 0 Å². The van der Waals surface area contributed by atoms with Crippen molar-refractivity contribution < 1.29 is 0 Å². The molecule has 1 N–H and O–H groups in total. The maximum Gasteiger partial charge on any atom is 0.00448 e. The van der Waals surface area contributed by atoms with Crippen LogP contribution in [-0.4, -0.2) is 38.1 Å². The van der Waals surface area contributed by atoms with E-state index >= 15 is 0 Å². The second kappa shape index (κ2) is 6.49. The van der Waals surface area contributed by atoms with Crippen molar-refractivity contribution in [3.63, 3.8) is 0 Å². The molecule has 0 atom stereocenters. The first-order chi connectivity index (χ1) is 7.14. The van der Waals surface area contributed by atoms with Crippen LogP contribution >= 0.6 is 0 Å². The van der Waals surface area contributed by atoms with E-state index in [0.717, 1.165) is 6.54 Å². The summed E-state index contributed by atoms with van der Waals surface area (Å²) in [7, 11) is 2.05. The van der Waals surface area contributed by atoms with E-state index in [1.54, 1.807) is 0 Å². The quantitative estimate of drug-likeness (QED) is 0.770. The number of rotatable bonds is 4. The molecule has 0 spiro atoms. The smallest absolute Gasteiger partial charge is 0.00448 e. The SMILES string of the molecule is CNCC(C)(C)CN1CCCCCCC1.